The number of benzene rings is 2. The second-order valence-electron chi connectivity index (χ2n) is 10.4. The molecule has 0 aliphatic rings. The van der Waals surface area contributed by atoms with Gasteiger partial charge in [-0.15, -0.1) is 0 Å². The van der Waals surface area contributed by atoms with Gasteiger partial charge in [0.15, 0.2) is 24.7 Å². The van der Waals surface area contributed by atoms with Crippen molar-refractivity contribution in [3.8, 4) is 11.5 Å². The summed E-state index contributed by atoms with van der Waals surface area (Å²) in [5.41, 5.74) is 7.88. The molecule has 0 bridgehead atoms. The largest absolute Gasteiger partial charge is 0.475 e. The Kier molecular flexibility index (Phi) is 12.5. The minimum absolute atomic E-state index is 0.0251. The van der Waals surface area contributed by atoms with E-state index in [2.05, 4.69) is 10.0 Å². The van der Waals surface area contributed by atoms with E-state index in [0.29, 0.717) is 5.56 Å². The lowest BCUT2D eigenvalue weighted by molar-refractivity contribution is -0.386. The molecule has 41 heavy (non-hydrogen) atoms. The Morgan fingerprint density at radius 1 is 0.829 bits per heavy atom. The Bertz CT molecular complexity index is 1310. The number of hydrogen-bond acceptors (Lipinski definition) is 11. The van der Waals surface area contributed by atoms with E-state index < -0.39 is 39.6 Å². The van der Waals surface area contributed by atoms with Gasteiger partial charge in [-0.2, -0.15) is 0 Å². The maximum atomic E-state index is 11.6. The molecule has 0 heterocycles. The molecule has 0 amide bonds. The Labute approximate surface area is 236 Å². The van der Waals surface area contributed by atoms with Gasteiger partial charge in [-0.3, -0.25) is 20.2 Å². The highest BCUT2D eigenvalue weighted by Crippen LogP contribution is 2.29. The van der Waals surface area contributed by atoms with E-state index in [4.69, 9.17) is 24.5 Å². The zero-order valence-corrected chi connectivity index (χ0v) is 23.9. The summed E-state index contributed by atoms with van der Waals surface area (Å²) in [6.45, 7) is 11.3. The minimum atomic E-state index is -0.671. The molecule has 15 nitrogen and oxygen atoms in total. The van der Waals surface area contributed by atoms with Crippen molar-refractivity contribution in [3.05, 3.63) is 78.2 Å². The molecule has 222 valence electrons. The van der Waals surface area contributed by atoms with Crippen LogP contribution in [0.25, 0.3) is 10.4 Å². The number of hydrogen-bond donors (Lipinski definition) is 0. The van der Waals surface area contributed by atoms with Gasteiger partial charge in [0, 0.05) is 17.0 Å². The van der Waals surface area contributed by atoms with Gasteiger partial charge in [-0.05, 0) is 77.3 Å². The number of ether oxygens (including phenoxy) is 4. The van der Waals surface area contributed by atoms with E-state index in [1.165, 1.54) is 30.3 Å². The Morgan fingerprint density at radius 3 is 1.68 bits per heavy atom. The molecule has 0 aromatic heterocycles. The lowest BCUT2D eigenvalue weighted by atomic mass is 10.2. The summed E-state index contributed by atoms with van der Waals surface area (Å²) in [5.74, 6) is -1.22. The number of rotatable bonds is 10. The third-order valence-electron chi connectivity index (χ3n) is 4.38. The molecule has 0 radical (unpaired) electrons. The van der Waals surface area contributed by atoms with E-state index in [1.807, 2.05) is 0 Å². The quantitative estimate of drug-likeness (QED) is 0.0836. The zero-order valence-electron chi connectivity index (χ0n) is 23.9. The molecular weight excluding hydrogens is 542 g/mol. The number of nitro benzene ring substituents is 2. The number of esters is 2. The maximum absolute atomic E-state index is 11.6. The summed E-state index contributed by atoms with van der Waals surface area (Å²) in [6.07, 6.45) is 0. The van der Waals surface area contributed by atoms with Crippen LogP contribution in [-0.2, 0) is 25.6 Å². The second-order valence-corrected chi connectivity index (χ2v) is 10.4. The van der Waals surface area contributed by atoms with Crippen molar-refractivity contribution in [2.75, 3.05) is 13.2 Å². The summed E-state index contributed by atoms with van der Waals surface area (Å²) < 4.78 is 20.5. The molecule has 0 aliphatic carbocycles. The molecule has 0 unspecified atom stereocenters. The normalized spacial score (nSPS) is 10.7. The van der Waals surface area contributed by atoms with Crippen LogP contribution in [-0.4, -0.2) is 46.2 Å². The molecule has 0 fully saturated rings. The van der Waals surface area contributed by atoms with Crippen molar-refractivity contribution in [2.45, 2.75) is 66.2 Å². The number of aryl methyl sites for hydroxylation is 1. The van der Waals surface area contributed by atoms with Crippen molar-refractivity contribution in [2.24, 2.45) is 5.11 Å². The second kappa shape index (κ2) is 15.0. The van der Waals surface area contributed by atoms with Gasteiger partial charge < -0.3 is 18.9 Å². The predicted molar refractivity (Wildman–Crippen MR) is 146 cm³/mol. The standard InChI is InChI=1S/C13H16N4O5.C13H17NO5/c1-13(2,3)22-12(18)8-21-11-6-9(7-15-16-14)4-5-10(11)17(19)20;1-9-5-6-10(14(16)17)11(7-9)18-8-12(15)19-13(2,3)4/h4-6H,7-8H2,1-3H3;5-7H,8H2,1-4H3. The van der Waals surface area contributed by atoms with Crippen LogP contribution in [0.1, 0.15) is 52.7 Å². The van der Waals surface area contributed by atoms with Crippen LogP contribution in [0.3, 0.4) is 0 Å². The first kappa shape index (κ1) is 34.1. The topological polar surface area (TPSA) is 206 Å². The molecule has 15 heteroatoms. The average molecular weight is 576 g/mol. The summed E-state index contributed by atoms with van der Waals surface area (Å²) in [7, 11) is 0. The van der Waals surface area contributed by atoms with Crippen LogP contribution in [0.15, 0.2) is 41.5 Å². The highest BCUT2D eigenvalue weighted by atomic mass is 16.6. The monoisotopic (exact) mass is 575 g/mol. The first-order chi connectivity index (χ1) is 18.9. The number of carbonyl (C=O) groups is 2. The van der Waals surface area contributed by atoms with Crippen LogP contribution in [0.2, 0.25) is 0 Å². The molecule has 0 aliphatic heterocycles. The van der Waals surface area contributed by atoms with Crippen LogP contribution < -0.4 is 9.47 Å². The predicted octanol–water partition coefficient (Wildman–Crippen LogP) is 5.75. The first-order valence-corrected chi connectivity index (χ1v) is 12.1. The molecule has 2 aromatic rings. The Morgan fingerprint density at radius 2 is 1.27 bits per heavy atom. The fraction of sp³-hybridized carbons (Fsp3) is 0.462. The van der Waals surface area contributed by atoms with Gasteiger partial charge in [-0.25, -0.2) is 9.59 Å². The van der Waals surface area contributed by atoms with Gasteiger partial charge in [0.2, 0.25) is 0 Å². The average Bonchev–Trinajstić information content (AvgIpc) is 2.83. The molecule has 0 saturated carbocycles. The number of azide groups is 1. The fourth-order valence-corrected chi connectivity index (χ4v) is 2.94. The highest BCUT2D eigenvalue weighted by molar-refractivity contribution is 5.72. The van der Waals surface area contributed by atoms with E-state index in [9.17, 15) is 29.8 Å². The molecule has 2 aromatic carbocycles. The third-order valence-corrected chi connectivity index (χ3v) is 4.38. The van der Waals surface area contributed by atoms with Gasteiger partial charge >= 0.3 is 23.3 Å². The van der Waals surface area contributed by atoms with E-state index in [0.717, 1.165) is 5.56 Å². The molecular formula is C26H33N5O10. The SMILES string of the molecule is CC(C)(C)OC(=O)COc1cc(CN=[N+]=[N-])ccc1[N+](=O)[O-].Cc1ccc([N+](=O)[O-])c(OCC(=O)OC(C)(C)C)c1. The molecule has 0 N–H and O–H groups in total. The van der Waals surface area contributed by atoms with E-state index in [-0.39, 0.29) is 36.0 Å². The maximum Gasteiger partial charge on any atom is 0.344 e. The summed E-state index contributed by atoms with van der Waals surface area (Å²) in [6, 6.07) is 8.51. The van der Waals surface area contributed by atoms with Gasteiger partial charge in [0.25, 0.3) is 0 Å². The van der Waals surface area contributed by atoms with Crippen LogP contribution in [0.5, 0.6) is 11.5 Å². The summed E-state index contributed by atoms with van der Waals surface area (Å²) in [4.78, 5) is 46.3. The van der Waals surface area contributed by atoms with Crippen molar-refractivity contribution in [1.82, 2.24) is 0 Å². The fourth-order valence-electron chi connectivity index (χ4n) is 2.94. The molecule has 0 atom stereocenters. The first-order valence-electron chi connectivity index (χ1n) is 12.1. The Balaban J connectivity index is 0.000000414. The number of nitrogens with zero attached hydrogens (tertiary/aromatic N) is 5. The van der Waals surface area contributed by atoms with Crippen molar-refractivity contribution < 1.29 is 38.4 Å². The van der Waals surface area contributed by atoms with Gasteiger partial charge in [0.1, 0.15) is 11.2 Å². The minimum Gasteiger partial charge on any atom is -0.475 e. The number of carbonyl (C=O) groups excluding carboxylic acids is 2. The van der Waals surface area contributed by atoms with Gasteiger partial charge in [0.05, 0.1) is 16.4 Å². The van der Waals surface area contributed by atoms with Crippen LogP contribution in [0.4, 0.5) is 11.4 Å². The Hall–Kier alpha value is -4.91. The van der Waals surface area contributed by atoms with E-state index in [1.54, 1.807) is 54.5 Å². The van der Waals surface area contributed by atoms with Crippen molar-refractivity contribution in [3.63, 3.8) is 0 Å². The summed E-state index contributed by atoms with van der Waals surface area (Å²) >= 11 is 0. The summed E-state index contributed by atoms with van der Waals surface area (Å²) in [5, 5.41) is 25.1. The van der Waals surface area contributed by atoms with Crippen molar-refractivity contribution in [1.29, 1.82) is 0 Å². The molecule has 2 rings (SSSR count). The lowest BCUT2D eigenvalue weighted by Crippen LogP contribution is -2.27. The lowest BCUT2D eigenvalue weighted by Gasteiger charge is -2.19. The zero-order chi connectivity index (χ0) is 31.4. The van der Waals surface area contributed by atoms with Gasteiger partial charge in [-0.1, -0.05) is 17.2 Å². The third kappa shape index (κ3) is 13.6. The van der Waals surface area contributed by atoms with Crippen LogP contribution in [0, 0.1) is 27.2 Å². The smallest absolute Gasteiger partial charge is 0.344 e. The van der Waals surface area contributed by atoms with Crippen molar-refractivity contribution >= 4 is 23.3 Å². The number of nitro groups is 2. The molecule has 0 saturated heterocycles. The van der Waals surface area contributed by atoms with Crippen LogP contribution >= 0.6 is 0 Å². The van der Waals surface area contributed by atoms with E-state index >= 15 is 0 Å². The highest BCUT2D eigenvalue weighted by Gasteiger charge is 2.21. The molecule has 0 spiro atoms.